The van der Waals surface area contributed by atoms with E-state index < -0.39 is 0 Å². The molecule has 9 heteroatoms. The largest absolute Gasteiger partial charge is 0.493 e. The summed E-state index contributed by atoms with van der Waals surface area (Å²) in [5.41, 5.74) is 1.21. The van der Waals surface area contributed by atoms with Crippen molar-refractivity contribution in [2.45, 2.75) is 38.6 Å². The molecule has 1 aliphatic heterocycles. The van der Waals surface area contributed by atoms with Gasteiger partial charge in [-0.1, -0.05) is 55.9 Å². The van der Waals surface area contributed by atoms with E-state index in [1.54, 1.807) is 7.11 Å². The van der Waals surface area contributed by atoms with Gasteiger partial charge >= 0.3 is 0 Å². The van der Waals surface area contributed by atoms with Crippen molar-refractivity contribution in [3.05, 3.63) is 60.4 Å². The Balaban J connectivity index is 1.38. The molecule has 1 aromatic heterocycles. The van der Waals surface area contributed by atoms with Crippen LogP contribution >= 0.6 is 11.8 Å². The zero-order chi connectivity index (χ0) is 25.5. The highest BCUT2D eigenvalue weighted by atomic mass is 32.2. The van der Waals surface area contributed by atoms with Crippen LogP contribution in [0.4, 0.5) is 5.69 Å². The number of carbonyl (C=O) groups excluding carboxylic acids is 1. The predicted molar refractivity (Wildman–Crippen MR) is 143 cm³/mol. The predicted octanol–water partition coefficient (Wildman–Crippen LogP) is 4.52. The van der Waals surface area contributed by atoms with E-state index in [0.29, 0.717) is 23.2 Å². The number of thioether (sulfide) groups is 1. The number of methoxy groups -OCH3 is 1. The molecule has 0 bridgehead atoms. The second kappa shape index (κ2) is 12.2. The van der Waals surface area contributed by atoms with Crippen molar-refractivity contribution in [2.75, 3.05) is 43.9 Å². The van der Waals surface area contributed by atoms with Gasteiger partial charge in [0.15, 0.2) is 28.6 Å². The molecule has 0 radical (unpaired) electrons. The summed E-state index contributed by atoms with van der Waals surface area (Å²) >= 11 is 1.44. The maximum atomic E-state index is 13.0. The fourth-order valence-corrected chi connectivity index (χ4v) is 5.13. The zero-order valence-corrected chi connectivity index (χ0v) is 22.3. The van der Waals surface area contributed by atoms with E-state index in [-0.39, 0.29) is 12.0 Å². The molecule has 192 valence electrons. The van der Waals surface area contributed by atoms with Crippen molar-refractivity contribution in [3.63, 3.8) is 0 Å². The molecule has 1 aliphatic rings. The number of anilines is 1. The molecule has 4 rings (SSSR count). The van der Waals surface area contributed by atoms with E-state index in [9.17, 15) is 4.79 Å². The maximum absolute atomic E-state index is 13.0. The Bertz CT molecular complexity index is 1130. The molecule has 2 aromatic carbocycles. The number of carbonyl (C=O) groups is 1. The number of amides is 1. The van der Waals surface area contributed by atoms with Crippen LogP contribution < -0.4 is 14.4 Å². The topological polar surface area (TPSA) is 72.7 Å². The number of aromatic nitrogens is 3. The first kappa shape index (κ1) is 25.9. The molecule has 1 fully saturated rings. The van der Waals surface area contributed by atoms with Crippen LogP contribution in [0.5, 0.6) is 11.5 Å². The van der Waals surface area contributed by atoms with Crippen LogP contribution in [-0.4, -0.2) is 64.6 Å². The Morgan fingerprint density at radius 3 is 2.28 bits per heavy atom. The zero-order valence-electron chi connectivity index (χ0n) is 21.5. The highest BCUT2D eigenvalue weighted by molar-refractivity contribution is 7.99. The molecule has 0 aliphatic carbocycles. The number of ether oxygens (including phenoxy) is 2. The monoisotopic (exact) mass is 509 g/mol. The van der Waals surface area contributed by atoms with Gasteiger partial charge < -0.3 is 23.8 Å². The second-order valence-electron chi connectivity index (χ2n) is 9.25. The Morgan fingerprint density at radius 2 is 1.61 bits per heavy atom. The van der Waals surface area contributed by atoms with E-state index in [4.69, 9.17) is 9.47 Å². The summed E-state index contributed by atoms with van der Waals surface area (Å²) in [6.07, 6.45) is -0.330. The third kappa shape index (κ3) is 6.32. The van der Waals surface area contributed by atoms with E-state index in [0.717, 1.165) is 43.7 Å². The molecular weight excluding hydrogens is 474 g/mol. The van der Waals surface area contributed by atoms with Crippen molar-refractivity contribution in [1.82, 2.24) is 19.7 Å². The van der Waals surface area contributed by atoms with E-state index >= 15 is 0 Å². The number of para-hydroxylation sites is 3. The number of piperazine rings is 1. The first-order valence-corrected chi connectivity index (χ1v) is 13.4. The van der Waals surface area contributed by atoms with Crippen LogP contribution in [0.2, 0.25) is 0 Å². The van der Waals surface area contributed by atoms with Crippen LogP contribution in [0, 0.1) is 5.92 Å². The first-order valence-electron chi connectivity index (χ1n) is 12.4. The van der Waals surface area contributed by atoms with Gasteiger partial charge in [0.1, 0.15) is 0 Å². The summed E-state index contributed by atoms with van der Waals surface area (Å²) in [6.45, 7) is 10.1. The van der Waals surface area contributed by atoms with Crippen LogP contribution in [-0.2, 0) is 11.3 Å². The molecule has 1 unspecified atom stereocenters. The van der Waals surface area contributed by atoms with Crippen molar-refractivity contribution in [1.29, 1.82) is 0 Å². The molecule has 1 saturated heterocycles. The molecular formula is C27H35N5O3S. The highest BCUT2D eigenvalue weighted by Crippen LogP contribution is 2.31. The van der Waals surface area contributed by atoms with Gasteiger partial charge in [-0.25, -0.2) is 0 Å². The lowest BCUT2D eigenvalue weighted by Gasteiger charge is -2.36. The Morgan fingerprint density at radius 1 is 0.944 bits per heavy atom. The molecule has 36 heavy (non-hydrogen) atoms. The average molecular weight is 510 g/mol. The molecule has 1 amide bonds. The fourth-order valence-electron chi connectivity index (χ4n) is 4.27. The first-order chi connectivity index (χ1) is 17.5. The minimum atomic E-state index is -0.330. The molecule has 0 N–H and O–H groups in total. The lowest BCUT2D eigenvalue weighted by Crippen LogP contribution is -2.49. The normalized spacial score (nSPS) is 14.7. The standard InChI is InChI=1S/C27H35N5O3S/c1-20(2)18-32-26(21(3)35-24-13-9-8-12-23(24)34-4)28-29-27(32)36-19-25(33)31-16-14-30(15-17-31)22-10-6-5-7-11-22/h5-13,20-21H,14-19H2,1-4H3. The number of hydrogen-bond acceptors (Lipinski definition) is 7. The summed E-state index contributed by atoms with van der Waals surface area (Å²) in [5, 5.41) is 9.62. The van der Waals surface area contributed by atoms with Crippen LogP contribution in [0.3, 0.4) is 0 Å². The van der Waals surface area contributed by atoms with Crippen molar-refractivity contribution >= 4 is 23.4 Å². The van der Waals surface area contributed by atoms with E-state index in [1.807, 2.05) is 54.3 Å². The van der Waals surface area contributed by atoms with Gasteiger partial charge in [0.05, 0.1) is 12.9 Å². The van der Waals surface area contributed by atoms with Gasteiger partial charge in [-0.2, -0.15) is 0 Å². The third-order valence-corrected chi connectivity index (χ3v) is 7.06. The van der Waals surface area contributed by atoms with E-state index in [2.05, 4.69) is 45.6 Å². The summed E-state index contributed by atoms with van der Waals surface area (Å²) in [5.74, 6) is 2.92. The molecule has 1 atom stereocenters. The lowest BCUT2D eigenvalue weighted by molar-refractivity contribution is -0.128. The average Bonchev–Trinajstić information content (AvgIpc) is 3.30. The maximum Gasteiger partial charge on any atom is 0.233 e. The highest BCUT2D eigenvalue weighted by Gasteiger charge is 2.24. The second-order valence-corrected chi connectivity index (χ2v) is 10.2. The van der Waals surface area contributed by atoms with Gasteiger partial charge in [0.2, 0.25) is 5.91 Å². The summed E-state index contributed by atoms with van der Waals surface area (Å²) in [4.78, 5) is 17.3. The Kier molecular flexibility index (Phi) is 8.74. The van der Waals surface area contributed by atoms with Crippen molar-refractivity contribution in [3.8, 4) is 11.5 Å². The van der Waals surface area contributed by atoms with Gasteiger partial charge in [-0.15, -0.1) is 10.2 Å². The number of nitrogens with zero attached hydrogens (tertiary/aromatic N) is 5. The number of rotatable bonds is 10. The summed E-state index contributed by atoms with van der Waals surface area (Å²) in [6, 6.07) is 17.9. The van der Waals surface area contributed by atoms with Gasteiger partial charge in [0, 0.05) is 38.4 Å². The summed E-state index contributed by atoms with van der Waals surface area (Å²) < 4.78 is 13.7. The molecule has 0 spiro atoms. The smallest absolute Gasteiger partial charge is 0.233 e. The molecule has 2 heterocycles. The molecule has 8 nitrogen and oxygen atoms in total. The van der Waals surface area contributed by atoms with Crippen LogP contribution in [0.15, 0.2) is 59.8 Å². The van der Waals surface area contributed by atoms with Gasteiger partial charge in [0.25, 0.3) is 0 Å². The van der Waals surface area contributed by atoms with Gasteiger partial charge in [-0.05, 0) is 37.1 Å². The van der Waals surface area contributed by atoms with Crippen LogP contribution in [0.1, 0.15) is 32.7 Å². The Hall–Kier alpha value is -3.20. The molecule has 0 saturated carbocycles. The fraction of sp³-hybridized carbons (Fsp3) is 0.444. The van der Waals surface area contributed by atoms with Crippen molar-refractivity contribution < 1.29 is 14.3 Å². The third-order valence-electron chi connectivity index (χ3n) is 6.11. The number of hydrogen-bond donors (Lipinski definition) is 0. The number of benzene rings is 2. The minimum Gasteiger partial charge on any atom is -0.493 e. The van der Waals surface area contributed by atoms with E-state index in [1.165, 1.54) is 17.4 Å². The van der Waals surface area contributed by atoms with Crippen molar-refractivity contribution in [2.24, 2.45) is 5.92 Å². The Labute approximate surface area is 217 Å². The quantitative estimate of drug-likeness (QED) is 0.372. The SMILES string of the molecule is COc1ccccc1OC(C)c1nnc(SCC(=O)N2CCN(c3ccccc3)CC2)n1CC(C)C. The van der Waals surface area contributed by atoms with Crippen LogP contribution in [0.25, 0.3) is 0 Å². The van der Waals surface area contributed by atoms with Gasteiger partial charge in [-0.3, -0.25) is 4.79 Å². The lowest BCUT2D eigenvalue weighted by atomic mass is 10.2. The molecule has 3 aromatic rings. The summed E-state index contributed by atoms with van der Waals surface area (Å²) in [7, 11) is 1.63. The minimum absolute atomic E-state index is 0.131.